The molecular formula is C19H34N6O4S. The lowest BCUT2D eigenvalue weighted by Crippen LogP contribution is -2.54. The molecule has 0 radical (unpaired) electrons. The summed E-state index contributed by atoms with van der Waals surface area (Å²) in [4.78, 5) is 9.49. The van der Waals surface area contributed by atoms with Gasteiger partial charge in [-0.3, -0.25) is 9.89 Å². The fourth-order valence-electron chi connectivity index (χ4n) is 3.99. The van der Waals surface area contributed by atoms with Crippen molar-refractivity contribution in [2.24, 2.45) is 4.99 Å². The number of ether oxygens (including phenoxy) is 1. The monoisotopic (exact) mass is 442 g/mol. The lowest BCUT2D eigenvalue weighted by molar-refractivity contribution is 0.142. The molecule has 1 aromatic heterocycles. The number of piperazine rings is 1. The van der Waals surface area contributed by atoms with Crippen molar-refractivity contribution in [3.8, 4) is 0 Å². The molecule has 0 bridgehead atoms. The van der Waals surface area contributed by atoms with E-state index < -0.39 is 10.0 Å². The van der Waals surface area contributed by atoms with Crippen LogP contribution in [0.3, 0.4) is 0 Å². The summed E-state index contributed by atoms with van der Waals surface area (Å²) in [7, 11) is -1.67. The zero-order valence-corrected chi connectivity index (χ0v) is 18.8. The topological polar surface area (TPSA) is 104 Å². The molecule has 2 fully saturated rings. The van der Waals surface area contributed by atoms with Gasteiger partial charge in [0.2, 0.25) is 10.0 Å². The Kier molecular flexibility index (Phi) is 8.49. The Morgan fingerprint density at radius 1 is 1.33 bits per heavy atom. The number of nitrogens with one attached hydrogen (secondary N) is 1. The van der Waals surface area contributed by atoms with Crippen molar-refractivity contribution in [3.05, 3.63) is 18.0 Å². The third kappa shape index (κ3) is 6.16. The van der Waals surface area contributed by atoms with Crippen LogP contribution in [-0.2, 0) is 20.5 Å². The van der Waals surface area contributed by atoms with E-state index in [2.05, 4.69) is 27.2 Å². The lowest BCUT2D eigenvalue weighted by Gasteiger charge is -2.36. The molecule has 2 saturated heterocycles. The predicted molar refractivity (Wildman–Crippen MR) is 115 cm³/mol. The Balaban J connectivity index is 1.55. The van der Waals surface area contributed by atoms with Crippen molar-refractivity contribution >= 4 is 16.0 Å². The number of aromatic nitrogens is 1. The second-order valence-corrected chi connectivity index (χ2v) is 9.62. The third-order valence-corrected chi connectivity index (χ3v) is 7.43. The maximum Gasteiger partial charge on any atom is 0.220 e. The Labute approximate surface area is 179 Å². The van der Waals surface area contributed by atoms with Gasteiger partial charge in [-0.25, -0.2) is 8.42 Å². The van der Waals surface area contributed by atoms with E-state index in [-0.39, 0.29) is 5.75 Å². The lowest BCUT2D eigenvalue weighted by atomic mass is 10.2. The molecule has 170 valence electrons. The number of hydrogen-bond acceptors (Lipinski definition) is 7. The molecule has 0 spiro atoms. The van der Waals surface area contributed by atoms with Crippen LogP contribution in [-0.4, -0.2) is 106 Å². The van der Waals surface area contributed by atoms with Gasteiger partial charge in [-0.2, -0.15) is 4.31 Å². The molecule has 2 aliphatic heterocycles. The van der Waals surface area contributed by atoms with E-state index in [4.69, 9.17) is 14.3 Å². The van der Waals surface area contributed by atoms with Crippen LogP contribution in [0.15, 0.2) is 21.8 Å². The molecule has 3 rings (SSSR count). The number of methoxy groups -OCH3 is 1. The quantitative estimate of drug-likeness (QED) is 0.427. The third-order valence-electron chi connectivity index (χ3n) is 5.62. The van der Waals surface area contributed by atoms with Crippen molar-refractivity contribution in [3.63, 3.8) is 0 Å². The zero-order valence-electron chi connectivity index (χ0n) is 18.0. The Hall–Kier alpha value is -1.69. The first kappa shape index (κ1) is 23.0. The number of aliphatic imine (C=N–C) groups is 1. The molecule has 0 amide bonds. The van der Waals surface area contributed by atoms with Crippen molar-refractivity contribution < 1.29 is 17.7 Å². The maximum atomic E-state index is 12.6. The molecule has 0 aromatic carbocycles. The van der Waals surface area contributed by atoms with Crippen molar-refractivity contribution in [1.29, 1.82) is 0 Å². The van der Waals surface area contributed by atoms with Crippen LogP contribution in [0.25, 0.3) is 0 Å². The summed E-state index contributed by atoms with van der Waals surface area (Å²) in [6.07, 6.45) is 3.74. The van der Waals surface area contributed by atoms with Gasteiger partial charge in [0.25, 0.3) is 0 Å². The SMILES string of the molecule is CCNC(=NCC1CCCN1CCOC)N1CCN(S(=O)(=O)Cc2ccon2)CC1. The van der Waals surface area contributed by atoms with Crippen LogP contribution in [0.4, 0.5) is 0 Å². The van der Waals surface area contributed by atoms with Gasteiger partial charge in [0, 0.05) is 58.5 Å². The average molecular weight is 443 g/mol. The summed E-state index contributed by atoms with van der Waals surface area (Å²) in [6, 6.07) is 2.03. The molecule has 3 heterocycles. The number of hydrogen-bond donors (Lipinski definition) is 1. The van der Waals surface area contributed by atoms with Crippen LogP contribution < -0.4 is 5.32 Å². The smallest absolute Gasteiger partial charge is 0.220 e. The first-order chi connectivity index (χ1) is 14.5. The summed E-state index contributed by atoms with van der Waals surface area (Å²) < 4.78 is 36.8. The predicted octanol–water partition coefficient (Wildman–Crippen LogP) is 0.198. The molecule has 0 aliphatic carbocycles. The molecule has 10 nitrogen and oxygen atoms in total. The summed E-state index contributed by atoms with van der Waals surface area (Å²) >= 11 is 0. The molecule has 0 saturated carbocycles. The molecule has 11 heteroatoms. The molecule has 1 N–H and O–H groups in total. The van der Waals surface area contributed by atoms with E-state index >= 15 is 0 Å². The molecule has 1 aromatic rings. The highest BCUT2D eigenvalue weighted by Crippen LogP contribution is 2.17. The van der Waals surface area contributed by atoms with Gasteiger partial charge in [0.1, 0.15) is 12.0 Å². The van der Waals surface area contributed by atoms with Gasteiger partial charge in [0.15, 0.2) is 5.96 Å². The second-order valence-electron chi connectivity index (χ2n) is 7.65. The van der Waals surface area contributed by atoms with Crippen molar-refractivity contribution in [1.82, 2.24) is 24.6 Å². The zero-order chi connectivity index (χ0) is 21.4. The number of rotatable bonds is 9. The Morgan fingerprint density at radius 3 is 2.80 bits per heavy atom. The number of likely N-dealkylation sites (tertiary alicyclic amines) is 1. The average Bonchev–Trinajstić information content (AvgIpc) is 3.41. The molecule has 30 heavy (non-hydrogen) atoms. The van der Waals surface area contributed by atoms with Gasteiger partial charge in [0.05, 0.1) is 18.8 Å². The fraction of sp³-hybridized carbons (Fsp3) is 0.789. The van der Waals surface area contributed by atoms with Crippen LogP contribution >= 0.6 is 0 Å². The minimum atomic E-state index is -3.40. The summed E-state index contributed by atoms with van der Waals surface area (Å²) in [6.45, 7) is 8.46. The van der Waals surface area contributed by atoms with Gasteiger partial charge < -0.3 is 19.5 Å². The largest absolute Gasteiger partial charge is 0.383 e. The summed E-state index contributed by atoms with van der Waals surface area (Å²) in [5.41, 5.74) is 0.432. The summed E-state index contributed by atoms with van der Waals surface area (Å²) in [5.74, 6) is 0.737. The van der Waals surface area contributed by atoms with Crippen LogP contribution in [0.5, 0.6) is 0 Å². The van der Waals surface area contributed by atoms with Crippen molar-refractivity contribution in [2.45, 2.75) is 31.6 Å². The van der Waals surface area contributed by atoms with Gasteiger partial charge >= 0.3 is 0 Å². The standard InChI is InChI=1S/C19H34N6O4S/c1-3-20-19(21-15-18-5-4-7-23(18)12-14-28-2)24-8-10-25(11-9-24)30(26,27)16-17-6-13-29-22-17/h6,13,18H,3-5,7-12,14-16H2,1-2H3,(H,20,21). The van der Waals surface area contributed by atoms with Crippen LogP contribution in [0.1, 0.15) is 25.5 Å². The fourth-order valence-corrected chi connectivity index (χ4v) is 5.42. The number of guanidine groups is 1. The highest BCUT2D eigenvalue weighted by atomic mass is 32.2. The molecular weight excluding hydrogens is 408 g/mol. The van der Waals surface area contributed by atoms with E-state index in [1.165, 1.54) is 17.0 Å². The number of nitrogens with zero attached hydrogens (tertiary/aromatic N) is 5. The molecule has 2 aliphatic rings. The minimum Gasteiger partial charge on any atom is -0.383 e. The van der Waals surface area contributed by atoms with Gasteiger partial charge in [-0.05, 0) is 26.3 Å². The highest BCUT2D eigenvalue weighted by Gasteiger charge is 2.29. The van der Waals surface area contributed by atoms with E-state index in [1.807, 2.05) is 0 Å². The van der Waals surface area contributed by atoms with E-state index in [9.17, 15) is 8.42 Å². The van der Waals surface area contributed by atoms with Gasteiger partial charge in [-0.15, -0.1) is 0 Å². The summed E-state index contributed by atoms with van der Waals surface area (Å²) in [5, 5.41) is 7.08. The molecule has 1 atom stereocenters. The highest BCUT2D eigenvalue weighted by molar-refractivity contribution is 7.88. The van der Waals surface area contributed by atoms with Crippen LogP contribution in [0.2, 0.25) is 0 Å². The Bertz CT molecular complexity index is 762. The first-order valence-corrected chi connectivity index (χ1v) is 12.3. The number of sulfonamides is 1. The normalized spacial score (nSPS) is 22.0. The maximum absolute atomic E-state index is 12.6. The Morgan fingerprint density at radius 2 is 2.13 bits per heavy atom. The minimum absolute atomic E-state index is 0.128. The second kappa shape index (κ2) is 11.1. The first-order valence-electron chi connectivity index (χ1n) is 10.7. The van der Waals surface area contributed by atoms with Crippen LogP contribution in [0, 0.1) is 0 Å². The van der Waals surface area contributed by atoms with E-state index in [0.29, 0.717) is 37.9 Å². The van der Waals surface area contributed by atoms with E-state index in [1.54, 1.807) is 13.2 Å². The van der Waals surface area contributed by atoms with Crippen molar-refractivity contribution in [2.75, 3.05) is 66.1 Å². The van der Waals surface area contributed by atoms with Gasteiger partial charge in [-0.1, -0.05) is 5.16 Å². The van der Waals surface area contributed by atoms with E-state index in [0.717, 1.165) is 45.2 Å². The molecule has 1 unspecified atom stereocenters.